The van der Waals surface area contributed by atoms with Gasteiger partial charge in [0.25, 0.3) is 0 Å². The van der Waals surface area contributed by atoms with Gasteiger partial charge in [-0.2, -0.15) is 10.2 Å². The molecule has 2 aliphatic rings. The monoisotopic (exact) mass is 472 g/mol. The van der Waals surface area contributed by atoms with E-state index in [0.717, 1.165) is 71.1 Å². The van der Waals surface area contributed by atoms with Crippen molar-refractivity contribution in [3.63, 3.8) is 0 Å². The first kappa shape index (κ1) is 22.0. The van der Waals surface area contributed by atoms with Crippen molar-refractivity contribution in [3.05, 3.63) is 48.2 Å². The van der Waals surface area contributed by atoms with Gasteiger partial charge in [-0.25, -0.2) is 14.5 Å². The molecule has 182 valence electrons. The maximum atomic E-state index is 6.22. The number of hydrogen-bond acceptors (Lipinski definition) is 7. The van der Waals surface area contributed by atoms with Crippen LogP contribution in [0.15, 0.2) is 36.7 Å². The van der Waals surface area contributed by atoms with Gasteiger partial charge in [-0.1, -0.05) is 6.92 Å². The Labute approximate surface area is 205 Å². The summed E-state index contributed by atoms with van der Waals surface area (Å²) < 4.78 is 9.97. The Balaban J connectivity index is 1.22. The van der Waals surface area contributed by atoms with Gasteiger partial charge >= 0.3 is 0 Å². The van der Waals surface area contributed by atoms with Crippen molar-refractivity contribution < 1.29 is 4.74 Å². The lowest BCUT2D eigenvalue weighted by molar-refractivity contribution is 0.0563. The second-order valence-electron chi connectivity index (χ2n) is 9.76. The summed E-state index contributed by atoms with van der Waals surface area (Å²) in [7, 11) is 1.95. The van der Waals surface area contributed by atoms with Gasteiger partial charge in [-0.15, -0.1) is 0 Å². The summed E-state index contributed by atoms with van der Waals surface area (Å²) >= 11 is 0. The second kappa shape index (κ2) is 8.96. The summed E-state index contributed by atoms with van der Waals surface area (Å²) in [5.74, 6) is 4.02. The van der Waals surface area contributed by atoms with Gasteiger partial charge in [0.2, 0.25) is 0 Å². The Bertz CT molecular complexity index is 1350. The van der Waals surface area contributed by atoms with Crippen molar-refractivity contribution in [3.8, 4) is 17.0 Å². The molecule has 0 amide bonds. The number of aryl methyl sites for hydroxylation is 2. The molecule has 1 atom stereocenters. The van der Waals surface area contributed by atoms with Crippen LogP contribution in [0.4, 0.5) is 11.6 Å². The van der Waals surface area contributed by atoms with Crippen molar-refractivity contribution in [1.82, 2.24) is 34.3 Å². The summed E-state index contributed by atoms with van der Waals surface area (Å²) in [5.41, 5.74) is 3.97. The zero-order valence-electron chi connectivity index (χ0n) is 20.6. The van der Waals surface area contributed by atoms with Crippen molar-refractivity contribution in [1.29, 1.82) is 0 Å². The van der Waals surface area contributed by atoms with Gasteiger partial charge < -0.3 is 10.1 Å². The average molecular weight is 473 g/mol. The molecule has 4 aromatic heterocycles. The number of likely N-dealkylation sites (N-methyl/N-ethyl adjacent to an activating group) is 1. The third-order valence-corrected chi connectivity index (χ3v) is 7.07. The van der Waals surface area contributed by atoms with Crippen LogP contribution in [0.1, 0.15) is 37.7 Å². The molecular weight excluding hydrogens is 440 g/mol. The van der Waals surface area contributed by atoms with Crippen LogP contribution in [-0.2, 0) is 13.5 Å². The molecule has 9 heteroatoms. The molecule has 0 unspecified atom stereocenters. The molecule has 0 aromatic carbocycles. The normalized spacial score (nSPS) is 18.1. The Kier molecular flexibility index (Phi) is 5.64. The summed E-state index contributed by atoms with van der Waals surface area (Å²) in [6.07, 6.45) is 8.51. The number of likely N-dealkylation sites (tertiary alicyclic amines) is 1. The molecule has 35 heavy (non-hydrogen) atoms. The number of nitrogens with zero attached hydrogens (tertiary/aromatic N) is 7. The molecule has 2 fully saturated rings. The van der Waals surface area contributed by atoms with Crippen LogP contribution in [-0.4, -0.2) is 60.0 Å². The van der Waals surface area contributed by atoms with Crippen LogP contribution in [0.5, 0.6) is 5.75 Å². The largest absolute Gasteiger partial charge is 0.488 e. The number of fused-ring (bicyclic) bond motifs is 1. The van der Waals surface area contributed by atoms with Crippen LogP contribution in [0.3, 0.4) is 0 Å². The quantitative estimate of drug-likeness (QED) is 0.394. The van der Waals surface area contributed by atoms with Crippen LogP contribution in [0.25, 0.3) is 16.8 Å². The van der Waals surface area contributed by atoms with Gasteiger partial charge in [0, 0.05) is 55.6 Å². The highest BCUT2D eigenvalue weighted by molar-refractivity contribution is 5.72. The lowest BCUT2D eigenvalue weighted by Gasteiger charge is -2.39. The molecule has 0 bridgehead atoms. The van der Waals surface area contributed by atoms with Gasteiger partial charge in [0.05, 0.1) is 11.7 Å². The molecule has 0 spiro atoms. The van der Waals surface area contributed by atoms with E-state index in [2.05, 4.69) is 44.5 Å². The predicted octanol–water partition coefficient (Wildman–Crippen LogP) is 4.00. The molecule has 1 N–H and O–H groups in total. The molecule has 6 rings (SSSR count). The molecule has 1 aliphatic carbocycles. The number of aromatic nitrogens is 6. The third-order valence-electron chi connectivity index (χ3n) is 7.07. The number of ether oxygens (including phenoxy) is 1. The highest BCUT2D eigenvalue weighted by Gasteiger charge is 2.27. The number of anilines is 2. The van der Waals surface area contributed by atoms with Crippen LogP contribution in [0.2, 0.25) is 0 Å². The highest BCUT2D eigenvalue weighted by atomic mass is 16.5. The maximum Gasteiger partial charge on any atom is 0.165 e. The Morgan fingerprint density at radius 3 is 2.77 bits per heavy atom. The SMILES string of the molecule is CCN1CC[C@@H]1COc1cnn(C)c1-c1ccn2nc(Nc3cc(C)nc(CC4CC4)n3)cc2c1. The predicted molar refractivity (Wildman–Crippen MR) is 135 cm³/mol. The summed E-state index contributed by atoms with van der Waals surface area (Å²) in [5, 5.41) is 12.5. The molecule has 9 nitrogen and oxygen atoms in total. The average Bonchev–Trinajstić information content (AvgIpc) is 3.40. The van der Waals surface area contributed by atoms with E-state index < -0.39 is 0 Å². The summed E-state index contributed by atoms with van der Waals surface area (Å²) in [6.45, 7) is 7.13. The number of rotatable bonds is 9. The van der Waals surface area contributed by atoms with Crippen molar-refractivity contribution in [2.75, 3.05) is 25.0 Å². The molecule has 0 radical (unpaired) electrons. The van der Waals surface area contributed by atoms with E-state index in [9.17, 15) is 0 Å². The smallest absolute Gasteiger partial charge is 0.165 e. The Morgan fingerprint density at radius 1 is 1.11 bits per heavy atom. The van der Waals surface area contributed by atoms with Gasteiger partial charge in [-0.3, -0.25) is 9.58 Å². The first-order valence-corrected chi connectivity index (χ1v) is 12.6. The fourth-order valence-corrected chi connectivity index (χ4v) is 4.84. The van der Waals surface area contributed by atoms with E-state index in [0.29, 0.717) is 12.6 Å². The van der Waals surface area contributed by atoms with Crippen LogP contribution >= 0.6 is 0 Å². The summed E-state index contributed by atoms with van der Waals surface area (Å²) in [6, 6.07) is 8.67. The van der Waals surface area contributed by atoms with Crippen LogP contribution < -0.4 is 10.1 Å². The second-order valence-corrected chi connectivity index (χ2v) is 9.76. The standard InChI is InChI=1S/C26H32N8O/c1-4-33-9-8-20(33)16-35-22-15-27-32(3)26(22)19-7-10-34-21(13-19)14-25(31-34)30-23-11-17(2)28-24(29-23)12-18-5-6-18/h7,10-11,13-15,18,20H,4-6,8-9,12,16H2,1-3H3,(H,28,29,30,31)/t20-/m1/s1. The van der Waals surface area contributed by atoms with Crippen molar-refractivity contribution in [2.24, 2.45) is 13.0 Å². The lowest BCUT2D eigenvalue weighted by Crippen LogP contribution is -2.50. The minimum atomic E-state index is 0.495. The lowest BCUT2D eigenvalue weighted by atomic mass is 10.0. The van der Waals surface area contributed by atoms with E-state index in [1.807, 2.05) is 47.7 Å². The first-order chi connectivity index (χ1) is 17.1. The highest BCUT2D eigenvalue weighted by Crippen LogP contribution is 2.33. The zero-order valence-corrected chi connectivity index (χ0v) is 20.6. The first-order valence-electron chi connectivity index (χ1n) is 12.6. The Hall–Kier alpha value is -3.46. The fourth-order valence-electron chi connectivity index (χ4n) is 4.84. The molecule has 1 aliphatic heterocycles. The zero-order chi connectivity index (χ0) is 23.9. The third kappa shape index (κ3) is 4.60. The minimum Gasteiger partial charge on any atom is -0.488 e. The fraction of sp³-hybridized carbons (Fsp3) is 0.462. The van der Waals surface area contributed by atoms with Gasteiger partial charge in [-0.05, 0) is 50.8 Å². The van der Waals surface area contributed by atoms with E-state index in [-0.39, 0.29) is 0 Å². The van der Waals surface area contributed by atoms with Crippen molar-refractivity contribution >= 4 is 17.2 Å². The number of hydrogen-bond donors (Lipinski definition) is 1. The Morgan fingerprint density at radius 2 is 2.00 bits per heavy atom. The van der Waals surface area contributed by atoms with E-state index >= 15 is 0 Å². The summed E-state index contributed by atoms with van der Waals surface area (Å²) in [4.78, 5) is 11.8. The van der Waals surface area contributed by atoms with Crippen molar-refractivity contribution in [2.45, 2.75) is 45.6 Å². The topological polar surface area (TPSA) is 85.4 Å². The number of pyridine rings is 1. The van der Waals surface area contributed by atoms with E-state index in [1.165, 1.54) is 19.3 Å². The molecule has 1 saturated carbocycles. The van der Waals surface area contributed by atoms with E-state index in [4.69, 9.17) is 9.72 Å². The molecule has 4 aromatic rings. The molecule has 1 saturated heterocycles. The van der Waals surface area contributed by atoms with Crippen LogP contribution in [0, 0.1) is 12.8 Å². The van der Waals surface area contributed by atoms with Gasteiger partial charge in [0.1, 0.15) is 23.9 Å². The molecular formula is C26H32N8O. The van der Waals surface area contributed by atoms with Gasteiger partial charge in [0.15, 0.2) is 11.6 Å². The number of nitrogens with one attached hydrogen (secondary N) is 1. The van der Waals surface area contributed by atoms with E-state index in [1.54, 1.807) is 0 Å². The molecule has 5 heterocycles. The maximum absolute atomic E-state index is 6.22. The minimum absolute atomic E-state index is 0.495.